The molecule has 0 atom stereocenters. The van der Waals surface area contributed by atoms with Gasteiger partial charge in [0, 0.05) is 18.5 Å². The summed E-state index contributed by atoms with van der Waals surface area (Å²) in [4.78, 5) is 0.0805. The van der Waals surface area contributed by atoms with Gasteiger partial charge in [-0.1, -0.05) is 25.2 Å². The third-order valence-electron chi connectivity index (χ3n) is 2.75. The van der Waals surface area contributed by atoms with Crippen molar-refractivity contribution in [1.82, 2.24) is 4.72 Å². The lowest BCUT2D eigenvalue weighted by molar-refractivity contribution is 0.305. The number of aliphatic hydroxyl groups is 1. The predicted octanol–water partition coefficient (Wildman–Crippen LogP) is 1.51. The van der Waals surface area contributed by atoms with E-state index in [9.17, 15) is 8.42 Å². The van der Waals surface area contributed by atoms with Crippen LogP contribution in [0.5, 0.6) is 5.75 Å². The number of rotatable bonds is 7. The molecule has 1 aromatic carbocycles. The van der Waals surface area contributed by atoms with Crippen LogP contribution in [-0.2, 0) is 10.0 Å². The van der Waals surface area contributed by atoms with E-state index in [1.54, 1.807) is 12.1 Å². The first-order chi connectivity index (χ1) is 10.0. The van der Waals surface area contributed by atoms with Gasteiger partial charge in [-0.05, 0) is 24.6 Å². The minimum Gasteiger partial charge on any atom is -0.495 e. The van der Waals surface area contributed by atoms with Gasteiger partial charge >= 0.3 is 0 Å². The molecular formula is C15H21NO4S. The third kappa shape index (κ3) is 5.38. The minimum absolute atomic E-state index is 0.0209. The van der Waals surface area contributed by atoms with Crippen LogP contribution in [0.3, 0.4) is 0 Å². The highest BCUT2D eigenvalue weighted by Gasteiger charge is 2.19. The van der Waals surface area contributed by atoms with E-state index < -0.39 is 10.0 Å². The average Bonchev–Trinajstić information content (AvgIpc) is 2.47. The Kier molecular flexibility index (Phi) is 7.23. The summed E-state index contributed by atoms with van der Waals surface area (Å²) in [5, 5.41) is 8.70. The van der Waals surface area contributed by atoms with Crippen LogP contribution in [-0.4, -0.2) is 33.8 Å². The molecule has 5 nitrogen and oxygen atoms in total. The van der Waals surface area contributed by atoms with Gasteiger partial charge in [0.2, 0.25) is 10.0 Å². The molecule has 0 aliphatic rings. The molecule has 0 aliphatic carbocycles. The zero-order valence-electron chi connectivity index (χ0n) is 12.3. The highest BCUT2D eigenvalue weighted by atomic mass is 32.2. The maximum Gasteiger partial charge on any atom is 0.244 e. The van der Waals surface area contributed by atoms with Gasteiger partial charge in [0.25, 0.3) is 0 Å². The maximum absolute atomic E-state index is 12.3. The van der Waals surface area contributed by atoms with Crippen molar-refractivity contribution in [2.24, 2.45) is 0 Å². The summed E-state index contributed by atoms with van der Waals surface area (Å²) in [6.07, 6.45) is 2.03. The van der Waals surface area contributed by atoms with Crippen molar-refractivity contribution in [1.29, 1.82) is 0 Å². The van der Waals surface area contributed by atoms with Crippen LogP contribution in [0.1, 0.15) is 31.7 Å². The Hall–Kier alpha value is -1.55. The van der Waals surface area contributed by atoms with E-state index in [-0.39, 0.29) is 17.3 Å². The molecule has 2 N–H and O–H groups in total. The van der Waals surface area contributed by atoms with Crippen LogP contribution < -0.4 is 9.46 Å². The standard InChI is InChI=1S/C15H21NO4S/c1-3-4-10-16-21(18,19)15-12-13(7-5-6-11-17)8-9-14(15)20-2/h8-9,12,16-17H,3-4,6,10-11H2,1-2H3. The lowest BCUT2D eigenvalue weighted by atomic mass is 10.2. The van der Waals surface area contributed by atoms with Gasteiger partial charge < -0.3 is 9.84 Å². The van der Waals surface area contributed by atoms with Crippen molar-refractivity contribution < 1.29 is 18.3 Å². The molecule has 0 unspecified atom stereocenters. The molecule has 0 aromatic heterocycles. The van der Waals surface area contributed by atoms with E-state index in [1.165, 1.54) is 13.2 Å². The van der Waals surface area contributed by atoms with E-state index in [1.807, 2.05) is 6.92 Å². The van der Waals surface area contributed by atoms with E-state index in [0.29, 0.717) is 18.5 Å². The fourth-order valence-corrected chi connectivity index (χ4v) is 2.91. The van der Waals surface area contributed by atoms with Gasteiger partial charge in [-0.25, -0.2) is 13.1 Å². The first-order valence-electron chi connectivity index (χ1n) is 6.82. The molecule has 0 radical (unpaired) electrons. The second-order valence-electron chi connectivity index (χ2n) is 4.39. The van der Waals surface area contributed by atoms with Crippen molar-refractivity contribution >= 4 is 10.0 Å². The summed E-state index contributed by atoms with van der Waals surface area (Å²) >= 11 is 0. The molecule has 0 amide bonds. The van der Waals surface area contributed by atoms with E-state index >= 15 is 0 Å². The molecule has 0 saturated heterocycles. The van der Waals surface area contributed by atoms with Crippen LogP contribution in [0.4, 0.5) is 0 Å². The molecular weight excluding hydrogens is 290 g/mol. The summed E-state index contributed by atoms with van der Waals surface area (Å²) in [6, 6.07) is 4.75. The first kappa shape index (κ1) is 17.5. The Balaban J connectivity index is 3.08. The zero-order valence-corrected chi connectivity index (χ0v) is 13.2. The topological polar surface area (TPSA) is 75.6 Å². The fraction of sp³-hybridized carbons (Fsp3) is 0.467. The normalized spacial score (nSPS) is 10.8. The van der Waals surface area contributed by atoms with Gasteiger partial charge in [0.15, 0.2) is 0 Å². The quantitative estimate of drug-likeness (QED) is 0.591. The number of methoxy groups -OCH3 is 1. The van der Waals surface area contributed by atoms with Crippen molar-refractivity contribution in [2.45, 2.75) is 31.1 Å². The Morgan fingerprint density at radius 2 is 2.14 bits per heavy atom. The predicted molar refractivity (Wildman–Crippen MR) is 81.7 cm³/mol. The second-order valence-corrected chi connectivity index (χ2v) is 6.13. The molecule has 116 valence electrons. The molecule has 1 aromatic rings. The SMILES string of the molecule is CCCCNS(=O)(=O)c1cc(C#CCCO)ccc1OC. The minimum atomic E-state index is -3.62. The number of hydrogen-bond donors (Lipinski definition) is 2. The number of sulfonamides is 1. The Bertz CT molecular complexity index is 614. The van der Waals surface area contributed by atoms with E-state index in [0.717, 1.165) is 12.8 Å². The summed E-state index contributed by atoms with van der Waals surface area (Å²) in [6.45, 7) is 2.36. The Morgan fingerprint density at radius 3 is 2.76 bits per heavy atom. The molecule has 0 spiro atoms. The van der Waals surface area contributed by atoms with Gasteiger partial charge in [-0.15, -0.1) is 0 Å². The van der Waals surface area contributed by atoms with Crippen molar-refractivity contribution in [3.63, 3.8) is 0 Å². The van der Waals surface area contributed by atoms with E-state index in [4.69, 9.17) is 9.84 Å². The highest BCUT2D eigenvalue weighted by Crippen LogP contribution is 2.24. The molecule has 0 heterocycles. The number of aliphatic hydroxyl groups excluding tert-OH is 1. The smallest absolute Gasteiger partial charge is 0.244 e. The van der Waals surface area contributed by atoms with Gasteiger partial charge in [-0.3, -0.25) is 0 Å². The lowest BCUT2D eigenvalue weighted by Gasteiger charge is -2.11. The number of ether oxygens (including phenoxy) is 1. The van der Waals surface area contributed by atoms with Crippen LogP contribution in [0, 0.1) is 11.8 Å². The number of benzene rings is 1. The zero-order chi connectivity index (χ0) is 15.7. The summed E-state index contributed by atoms with van der Waals surface area (Å²) in [7, 11) is -2.19. The molecule has 0 aliphatic heterocycles. The largest absolute Gasteiger partial charge is 0.495 e. The molecule has 21 heavy (non-hydrogen) atoms. The number of hydrogen-bond acceptors (Lipinski definition) is 4. The second kappa shape index (κ2) is 8.67. The monoisotopic (exact) mass is 311 g/mol. The summed E-state index contributed by atoms with van der Waals surface area (Å²) < 4.78 is 32.2. The van der Waals surface area contributed by atoms with Crippen LogP contribution >= 0.6 is 0 Å². The summed E-state index contributed by atoms with van der Waals surface area (Å²) in [5.74, 6) is 5.87. The van der Waals surface area contributed by atoms with Gasteiger partial charge in [0.1, 0.15) is 10.6 Å². The van der Waals surface area contributed by atoms with Gasteiger partial charge in [0.05, 0.1) is 13.7 Å². The Morgan fingerprint density at radius 1 is 1.38 bits per heavy atom. The summed E-state index contributed by atoms with van der Waals surface area (Å²) in [5.41, 5.74) is 0.570. The molecule has 1 rings (SSSR count). The van der Waals surface area contributed by atoms with Crippen LogP contribution in [0.25, 0.3) is 0 Å². The average molecular weight is 311 g/mol. The van der Waals surface area contributed by atoms with Crippen molar-refractivity contribution in [3.8, 4) is 17.6 Å². The Labute approximate surface area is 126 Å². The number of nitrogens with one attached hydrogen (secondary N) is 1. The molecule has 0 fully saturated rings. The van der Waals surface area contributed by atoms with Crippen molar-refractivity contribution in [3.05, 3.63) is 23.8 Å². The van der Waals surface area contributed by atoms with Gasteiger partial charge in [-0.2, -0.15) is 0 Å². The van der Waals surface area contributed by atoms with Crippen LogP contribution in [0.15, 0.2) is 23.1 Å². The number of unbranched alkanes of at least 4 members (excludes halogenated alkanes) is 1. The fourth-order valence-electron chi connectivity index (χ4n) is 1.65. The first-order valence-corrected chi connectivity index (χ1v) is 8.31. The molecule has 0 bridgehead atoms. The lowest BCUT2D eigenvalue weighted by Crippen LogP contribution is -2.25. The van der Waals surface area contributed by atoms with Crippen molar-refractivity contribution in [2.75, 3.05) is 20.3 Å². The van der Waals surface area contributed by atoms with Crippen LogP contribution in [0.2, 0.25) is 0 Å². The molecule has 0 saturated carbocycles. The van der Waals surface area contributed by atoms with E-state index in [2.05, 4.69) is 16.6 Å². The molecule has 6 heteroatoms. The highest BCUT2D eigenvalue weighted by molar-refractivity contribution is 7.89. The maximum atomic E-state index is 12.3. The third-order valence-corrected chi connectivity index (χ3v) is 4.23.